The third-order valence-corrected chi connectivity index (χ3v) is 5.60. The molecule has 3 aromatic carbocycles. The minimum absolute atomic E-state index is 0.0299. The Labute approximate surface area is 201 Å². The van der Waals surface area contributed by atoms with Crippen LogP contribution in [0.3, 0.4) is 0 Å². The summed E-state index contributed by atoms with van der Waals surface area (Å²) in [4.78, 5) is 37.4. The van der Waals surface area contributed by atoms with E-state index in [1.165, 1.54) is 0 Å². The highest BCUT2D eigenvalue weighted by Crippen LogP contribution is 2.16. The van der Waals surface area contributed by atoms with E-state index >= 15 is 0 Å². The van der Waals surface area contributed by atoms with Crippen molar-refractivity contribution < 1.29 is 14.4 Å². The fourth-order valence-electron chi connectivity index (χ4n) is 3.80. The molecule has 0 aliphatic carbocycles. The zero-order valence-corrected chi connectivity index (χ0v) is 20.1. The Bertz CT molecular complexity index is 1160. The third kappa shape index (κ3) is 7.17. The van der Waals surface area contributed by atoms with Gasteiger partial charge in [-0.2, -0.15) is 0 Å². The number of amides is 3. The molecule has 3 N–H and O–H groups in total. The lowest BCUT2D eigenvalue weighted by molar-refractivity contribution is -0.129. The Balaban J connectivity index is 1.57. The summed E-state index contributed by atoms with van der Waals surface area (Å²) in [6.07, 6.45) is 1.46. The monoisotopic (exact) mass is 459 g/mol. The lowest BCUT2D eigenvalue weighted by atomic mass is 10.0. The van der Waals surface area contributed by atoms with Crippen molar-refractivity contribution in [3.05, 3.63) is 77.9 Å². The van der Waals surface area contributed by atoms with Crippen LogP contribution in [0, 0.1) is 5.92 Å². The number of anilines is 1. The maximum atomic E-state index is 12.9. The summed E-state index contributed by atoms with van der Waals surface area (Å²) in [6.45, 7) is 6.08. The summed E-state index contributed by atoms with van der Waals surface area (Å²) in [6, 6.07) is 20.7. The second kappa shape index (κ2) is 12.0. The average Bonchev–Trinajstić information content (AvgIpc) is 2.81. The van der Waals surface area contributed by atoms with Crippen LogP contribution in [0.15, 0.2) is 66.7 Å². The largest absolute Gasteiger partial charge is 0.350 e. The van der Waals surface area contributed by atoms with E-state index in [-0.39, 0.29) is 30.1 Å². The van der Waals surface area contributed by atoms with Gasteiger partial charge in [-0.05, 0) is 46.4 Å². The fraction of sp³-hybridized carbons (Fsp3) is 0.321. The van der Waals surface area contributed by atoms with Crippen molar-refractivity contribution >= 4 is 34.2 Å². The van der Waals surface area contributed by atoms with Crippen LogP contribution in [0.4, 0.5) is 5.69 Å². The van der Waals surface area contributed by atoms with Crippen molar-refractivity contribution in [1.29, 1.82) is 0 Å². The van der Waals surface area contributed by atoms with Crippen LogP contribution in [0.1, 0.15) is 44.7 Å². The number of carbonyl (C=O) groups is 3. The van der Waals surface area contributed by atoms with Crippen molar-refractivity contribution in [1.82, 2.24) is 10.6 Å². The molecular formula is C28H33N3O3. The van der Waals surface area contributed by atoms with Gasteiger partial charge in [0.1, 0.15) is 6.04 Å². The van der Waals surface area contributed by atoms with Gasteiger partial charge in [-0.3, -0.25) is 14.4 Å². The summed E-state index contributed by atoms with van der Waals surface area (Å²) >= 11 is 0. The van der Waals surface area contributed by atoms with Crippen LogP contribution in [-0.2, 0) is 27.3 Å². The van der Waals surface area contributed by atoms with Gasteiger partial charge in [0.2, 0.25) is 17.7 Å². The first kappa shape index (κ1) is 25.0. The van der Waals surface area contributed by atoms with Crippen molar-refractivity contribution in [2.24, 2.45) is 5.92 Å². The molecule has 1 unspecified atom stereocenters. The van der Waals surface area contributed by atoms with Gasteiger partial charge < -0.3 is 16.0 Å². The molecule has 0 heterocycles. The minimum atomic E-state index is -0.639. The molecule has 0 aliphatic rings. The molecule has 0 saturated heterocycles. The van der Waals surface area contributed by atoms with Gasteiger partial charge in [-0.15, -0.1) is 0 Å². The molecule has 0 saturated carbocycles. The average molecular weight is 460 g/mol. The summed E-state index contributed by atoms with van der Waals surface area (Å²) < 4.78 is 0. The highest BCUT2D eigenvalue weighted by atomic mass is 16.2. The van der Waals surface area contributed by atoms with Gasteiger partial charge in [-0.25, -0.2) is 0 Å². The molecule has 178 valence electrons. The number of rotatable bonds is 10. The van der Waals surface area contributed by atoms with Crippen molar-refractivity contribution in [2.75, 3.05) is 5.32 Å². The van der Waals surface area contributed by atoms with Crippen LogP contribution >= 0.6 is 0 Å². The Morgan fingerprint density at radius 1 is 0.824 bits per heavy atom. The Kier molecular flexibility index (Phi) is 8.79. The SMILES string of the molecule is CCCC(=O)Nc1cccc(CNC(=O)C(NC(=O)Cc2ccc3ccccc3c2)C(C)C)c1. The standard InChI is InChI=1S/C28H33N3O3/c1-4-8-25(32)30-24-12-7-9-21(16-24)18-29-28(34)27(19(2)3)31-26(33)17-20-13-14-22-10-5-6-11-23(22)15-20/h5-7,9-16,19,27H,4,8,17-18H2,1-3H3,(H,29,34)(H,30,32)(H,31,33). The van der Waals surface area contributed by atoms with E-state index in [0.717, 1.165) is 28.3 Å². The highest BCUT2D eigenvalue weighted by molar-refractivity contribution is 5.91. The van der Waals surface area contributed by atoms with Gasteiger partial charge >= 0.3 is 0 Å². The van der Waals surface area contributed by atoms with Crippen LogP contribution in [-0.4, -0.2) is 23.8 Å². The molecule has 6 heteroatoms. The fourth-order valence-corrected chi connectivity index (χ4v) is 3.80. The van der Waals surface area contributed by atoms with E-state index in [9.17, 15) is 14.4 Å². The van der Waals surface area contributed by atoms with E-state index in [0.29, 0.717) is 18.7 Å². The molecule has 0 aliphatic heterocycles. The quantitative estimate of drug-likeness (QED) is 0.415. The zero-order chi connectivity index (χ0) is 24.5. The molecule has 1 atom stereocenters. The molecule has 34 heavy (non-hydrogen) atoms. The second-order valence-electron chi connectivity index (χ2n) is 8.86. The van der Waals surface area contributed by atoms with Crippen LogP contribution in [0.2, 0.25) is 0 Å². The topological polar surface area (TPSA) is 87.3 Å². The zero-order valence-electron chi connectivity index (χ0n) is 20.1. The Morgan fingerprint density at radius 2 is 1.59 bits per heavy atom. The van der Waals surface area contributed by atoms with Gasteiger partial charge in [0.15, 0.2) is 0 Å². The summed E-state index contributed by atoms with van der Waals surface area (Å²) in [5.41, 5.74) is 2.47. The first-order valence-corrected chi connectivity index (χ1v) is 11.8. The molecule has 0 aromatic heterocycles. The van der Waals surface area contributed by atoms with Crippen molar-refractivity contribution in [3.63, 3.8) is 0 Å². The maximum Gasteiger partial charge on any atom is 0.243 e. The molecule has 0 fully saturated rings. The normalized spacial score (nSPS) is 11.8. The van der Waals surface area contributed by atoms with Gasteiger partial charge in [0.05, 0.1) is 6.42 Å². The predicted molar refractivity (Wildman–Crippen MR) is 136 cm³/mol. The first-order valence-electron chi connectivity index (χ1n) is 11.8. The molecular weight excluding hydrogens is 426 g/mol. The van der Waals surface area contributed by atoms with E-state index in [1.54, 1.807) is 0 Å². The molecule has 0 radical (unpaired) electrons. The van der Waals surface area contributed by atoms with Crippen LogP contribution in [0.5, 0.6) is 0 Å². The molecule has 6 nitrogen and oxygen atoms in total. The van der Waals surface area contributed by atoms with Gasteiger partial charge in [0.25, 0.3) is 0 Å². The van der Waals surface area contributed by atoms with Gasteiger partial charge in [0, 0.05) is 18.7 Å². The number of benzene rings is 3. The van der Waals surface area contributed by atoms with Crippen LogP contribution < -0.4 is 16.0 Å². The number of hydrogen-bond donors (Lipinski definition) is 3. The second-order valence-corrected chi connectivity index (χ2v) is 8.86. The molecule has 0 bridgehead atoms. The maximum absolute atomic E-state index is 12.9. The number of nitrogens with one attached hydrogen (secondary N) is 3. The molecule has 3 aromatic rings. The van der Waals surface area contributed by atoms with Gasteiger partial charge in [-0.1, -0.05) is 75.4 Å². The van der Waals surface area contributed by atoms with E-state index in [4.69, 9.17) is 0 Å². The van der Waals surface area contributed by atoms with E-state index in [2.05, 4.69) is 16.0 Å². The lowest BCUT2D eigenvalue weighted by Gasteiger charge is -2.22. The smallest absolute Gasteiger partial charge is 0.243 e. The Morgan fingerprint density at radius 3 is 2.32 bits per heavy atom. The van der Waals surface area contributed by atoms with E-state index < -0.39 is 6.04 Å². The summed E-state index contributed by atoms with van der Waals surface area (Å²) in [7, 11) is 0. The molecule has 0 spiro atoms. The van der Waals surface area contributed by atoms with E-state index in [1.807, 2.05) is 87.5 Å². The number of fused-ring (bicyclic) bond motifs is 1. The molecule has 3 amide bonds. The Hall–Kier alpha value is -3.67. The predicted octanol–water partition coefficient (Wildman–Crippen LogP) is 4.58. The minimum Gasteiger partial charge on any atom is -0.350 e. The summed E-state index contributed by atoms with van der Waals surface area (Å²) in [5.74, 6) is -0.523. The van der Waals surface area contributed by atoms with Crippen molar-refractivity contribution in [3.8, 4) is 0 Å². The van der Waals surface area contributed by atoms with Crippen molar-refractivity contribution in [2.45, 2.75) is 52.6 Å². The van der Waals surface area contributed by atoms with Crippen LogP contribution in [0.25, 0.3) is 10.8 Å². The number of hydrogen-bond acceptors (Lipinski definition) is 3. The first-order chi connectivity index (χ1) is 16.4. The third-order valence-electron chi connectivity index (χ3n) is 5.60. The molecule has 3 rings (SSSR count). The number of carbonyl (C=O) groups excluding carboxylic acids is 3. The highest BCUT2D eigenvalue weighted by Gasteiger charge is 2.24. The lowest BCUT2D eigenvalue weighted by Crippen LogP contribution is -2.49. The summed E-state index contributed by atoms with van der Waals surface area (Å²) in [5, 5.41) is 10.9.